The van der Waals surface area contributed by atoms with Crippen molar-refractivity contribution >= 4 is 16.7 Å². The molecule has 0 saturated carbocycles. The molecule has 1 aromatic carbocycles. The molecule has 0 atom stereocenters. The molecule has 1 N–H and O–H groups in total. The van der Waals surface area contributed by atoms with Crippen LogP contribution in [0.5, 0.6) is 0 Å². The number of hydrogen-bond donors (Lipinski definition) is 1. The van der Waals surface area contributed by atoms with E-state index in [0.29, 0.717) is 11.9 Å². The fourth-order valence-electron chi connectivity index (χ4n) is 2.45. The maximum absolute atomic E-state index is 12.3. The molecule has 7 heteroatoms. The molecule has 0 saturated heterocycles. The zero-order valence-electron chi connectivity index (χ0n) is 13.0. The van der Waals surface area contributed by atoms with E-state index in [9.17, 15) is 9.59 Å². The molecule has 3 aromatic rings. The number of hydrogen-bond acceptors (Lipinski definition) is 4. The second-order valence-corrected chi connectivity index (χ2v) is 5.37. The Hall–Kier alpha value is -2.96. The number of rotatable bonds is 4. The normalized spacial score (nSPS) is 10.9. The topological polar surface area (TPSA) is 81.8 Å². The lowest BCUT2D eigenvalue weighted by Crippen LogP contribution is -2.33. The molecule has 0 unspecified atom stereocenters. The average molecular weight is 311 g/mol. The summed E-state index contributed by atoms with van der Waals surface area (Å²) in [5.74, 6) is -0.270. The SMILES string of the molecule is Cc1cc(CNC(=O)Cn2ncc3ccccc3c2=O)n(C)n1. The van der Waals surface area contributed by atoms with Crippen molar-refractivity contribution in [2.75, 3.05) is 0 Å². The molecular weight excluding hydrogens is 294 g/mol. The van der Waals surface area contributed by atoms with Gasteiger partial charge in [0, 0.05) is 12.4 Å². The van der Waals surface area contributed by atoms with Gasteiger partial charge in [-0.15, -0.1) is 0 Å². The van der Waals surface area contributed by atoms with Gasteiger partial charge >= 0.3 is 0 Å². The van der Waals surface area contributed by atoms with Crippen LogP contribution >= 0.6 is 0 Å². The summed E-state index contributed by atoms with van der Waals surface area (Å²) in [4.78, 5) is 24.4. The van der Waals surface area contributed by atoms with Crippen molar-refractivity contribution < 1.29 is 4.79 Å². The van der Waals surface area contributed by atoms with E-state index >= 15 is 0 Å². The van der Waals surface area contributed by atoms with Crippen LogP contribution in [0.25, 0.3) is 10.8 Å². The van der Waals surface area contributed by atoms with Gasteiger partial charge in [0.2, 0.25) is 5.91 Å². The van der Waals surface area contributed by atoms with Gasteiger partial charge in [-0.3, -0.25) is 14.3 Å². The zero-order chi connectivity index (χ0) is 16.4. The first-order chi connectivity index (χ1) is 11.0. The minimum absolute atomic E-state index is 0.111. The van der Waals surface area contributed by atoms with Crippen molar-refractivity contribution in [1.82, 2.24) is 24.9 Å². The molecule has 0 spiro atoms. The quantitative estimate of drug-likeness (QED) is 0.771. The van der Waals surface area contributed by atoms with Crippen molar-refractivity contribution in [2.45, 2.75) is 20.0 Å². The monoisotopic (exact) mass is 311 g/mol. The lowest BCUT2D eigenvalue weighted by molar-refractivity contribution is -0.122. The number of amides is 1. The van der Waals surface area contributed by atoms with Gasteiger partial charge in [0.1, 0.15) is 6.54 Å². The van der Waals surface area contributed by atoms with Gasteiger partial charge in [0.15, 0.2) is 0 Å². The Balaban J connectivity index is 1.72. The molecule has 2 aromatic heterocycles. The first-order valence-corrected chi connectivity index (χ1v) is 7.25. The van der Waals surface area contributed by atoms with E-state index in [1.165, 1.54) is 4.68 Å². The summed E-state index contributed by atoms with van der Waals surface area (Å²) in [7, 11) is 1.82. The van der Waals surface area contributed by atoms with Gasteiger partial charge in [-0.1, -0.05) is 18.2 Å². The number of carbonyl (C=O) groups excluding carboxylic acids is 1. The Bertz CT molecular complexity index is 926. The van der Waals surface area contributed by atoms with Crippen molar-refractivity contribution in [3.8, 4) is 0 Å². The lowest BCUT2D eigenvalue weighted by atomic mass is 10.2. The molecule has 23 heavy (non-hydrogen) atoms. The van der Waals surface area contributed by atoms with Crippen LogP contribution in [0.4, 0.5) is 0 Å². The van der Waals surface area contributed by atoms with Crippen LogP contribution in [0.3, 0.4) is 0 Å². The smallest absolute Gasteiger partial charge is 0.275 e. The highest BCUT2D eigenvalue weighted by molar-refractivity contribution is 5.81. The molecule has 0 aliphatic rings. The summed E-state index contributed by atoms with van der Waals surface area (Å²) < 4.78 is 2.89. The Morgan fingerprint density at radius 1 is 1.30 bits per heavy atom. The van der Waals surface area contributed by atoms with Crippen molar-refractivity contribution in [3.63, 3.8) is 0 Å². The lowest BCUT2D eigenvalue weighted by Gasteiger charge is -2.07. The molecule has 0 bridgehead atoms. The first kappa shape index (κ1) is 15.0. The average Bonchev–Trinajstić information content (AvgIpc) is 2.86. The number of fused-ring (bicyclic) bond motifs is 1. The van der Waals surface area contributed by atoms with Gasteiger partial charge in [-0.25, -0.2) is 4.68 Å². The van der Waals surface area contributed by atoms with Gasteiger partial charge in [0.05, 0.1) is 29.5 Å². The molecule has 3 rings (SSSR count). The van der Waals surface area contributed by atoms with Crippen LogP contribution in [-0.2, 0) is 24.9 Å². The summed E-state index contributed by atoms with van der Waals surface area (Å²) in [5.41, 5.74) is 1.52. The highest BCUT2D eigenvalue weighted by Crippen LogP contribution is 2.06. The molecule has 0 aliphatic heterocycles. The summed E-state index contributed by atoms with van der Waals surface area (Å²) in [5, 5.41) is 12.4. The maximum atomic E-state index is 12.3. The van der Waals surface area contributed by atoms with Crippen LogP contribution < -0.4 is 10.9 Å². The first-order valence-electron chi connectivity index (χ1n) is 7.25. The van der Waals surface area contributed by atoms with Crippen LogP contribution in [0.1, 0.15) is 11.4 Å². The standard InChI is InChI=1S/C16H17N5O2/c1-11-7-13(20(2)19-11)9-17-15(22)10-21-16(23)14-6-4-3-5-12(14)8-18-21/h3-8H,9-10H2,1-2H3,(H,17,22). The third-order valence-electron chi connectivity index (χ3n) is 3.62. The van der Waals surface area contributed by atoms with E-state index in [2.05, 4.69) is 15.5 Å². The van der Waals surface area contributed by atoms with E-state index in [-0.39, 0.29) is 18.0 Å². The van der Waals surface area contributed by atoms with E-state index in [4.69, 9.17) is 0 Å². The predicted octanol–water partition coefficient (Wildman–Crippen LogP) is 0.755. The highest BCUT2D eigenvalue weighted by atomic mass is 16.2. The van der Waals surface area contributed by atoms with Crippen LogP contribution in [0, 0.1) is 6.92 Å². The summed E-state index contributed by atoms with van der Waals surface area (Å²) in [6.45, 7) is 2.14. The minimum atomic E-state index is -0.270. The van der Waals surface area contributed by atoms with Crippen molar-refractivity contribution in [1.29, 1.82) is 0 Å². The largest absolute Gasteiger partial charge is 0.349 e. The highest BCUT2D eigenvalue weighted by Gasteiger charge is 2.09. The third-order valence-corrected chi connectivity index (χ3v) is 3.62. The maximum Gasteiger partial charge on any atom is 0.275 e. The van der Waals surface area contributed by atoms with Gasteiger partial charge < -0.3 is 5.32 Å². The molecular formula is C16H17N5O2. The molecule has 118 valence electrons. The molecule has 0 fully saturated rings. The zero-order valence-corrected chi connectivity index (χ0v) is 13.0. The molecule has 1 amide bonds. The van der Waals surface area contributed by atoms with Gasteiger partial charge in [0.25, 0.3) is 5.56 Å². The number of nitrogens with zero attached hydrogens (tertiary/aromatic N) is 4. The number of nitrogens with one attached hydrogen (secondary N) is 1. The fourth-order valence-corrected chi connectivity index (χ4v) is 2.45. The van der Waals surface area contributed by atoms with Crippen LogP contribution in [0.15, 0.2) is 41.3 Å². The Labute approximate surface area is 132 Å². The second kappa shape index (κ2) is 6.04. The van der Waals surface area contributed by atoms with E-state index in [1.54, 1.807) is 23.0 Å². The molecule has 0 radical (unpaired) electrons. The van der Waals surface area contributed by atoms with Crippen LogP contribution in [0.2, 0.25) is 0 Å². The van der Waals surface area contributed by atoms with E-state index in [0.717, 1.165) is 16.8 Å². The summed E-state index contributed by atoms with van der Waals surface area (Å²) >= 11 is 0. The number of aryl methyl sites for hydroxylation is 2. The minimum Gasteiger partial charge on any atom is -0.349 e. The number of benzene rings is 1. The fraction of sp³-hybridized carbons (Fsp3) is 0.250. The predicted molar refractivity (Wildman–Crippen MR) is 85.8 cm³/mol. The Morgan fingerprint density at radius 2 is 2.09 bits per heavy atom. The molecule has 0 aliphatic carbocycles. The van der Waals surface area contributed by atoms with E-state index < -0.39 is 0 Å². The van der Waals surface area contributed by atoms with E-state index in [1.807, 2.05) is 32.2 Å². The second-order valence-electron chi connectivity index (χ2n) is 5.37. The molecule has 7 nitrogen and oxygen atoms in total. The summed E-state index contributed by atoms with van der Waals surface area (Å²) in [6, 6.07) is 9.08. The number of aromatic nitrogens is 4. The Morgan fingerprint density at radius 3 is 2.83 bits per heavy atom. The third kappa shape index (κ3) is 3.13. The van der Waals surface area contributed by atoms with Crippen molar-refractivity contribution in [3.05, 3.63) is 58.3 Å². The summed E-state index contributed by atoms with van der Waals surface area (Å²) in [6.07, 6.45) is 1.59. The van der Waals surface area contributed by atoms with Gasteiger partial charge in [-0.2, -0.15) is 10.2 Å². The van der Waals surface area contributed by atoms with Crippen LogP contribution in [-0.4, -0.2) is 25.5 Å². The van der Waals surface area contributed by atoms with Gasteiger partial charge in [-0.05, 0) is 19.1 Å². The molecule has 2 heterocycles. The Kier molecular flexibility index (Phi) is 3.92. The van der Waals surface area contributed by atoms with Crippen molar-refractivity contribution in [2.24, 2.45) is 7.05 Å². The number of carbonyl (C=O) groups is 1.